The minimum Gasteiger partial charge on any atom is -0.454 e. The quantitative estimate of drug-likeness (QED) is 0.400. The van der Waals surface area contributed by atoms with Gasteiger partial charge < -0.3 is 20.1 Å². The summed E-state index contributed by atoms with van der Waals surface area (Å²) >= 11 is 0. The molecule has 0 spiro atoms. The van der Waals surface area contributed by atoms with Crippen LogP contribution in [0, 0.1) is 6.92 Å². The van der Waals surface area contributed by atoms with Crippen LogP contribution in [0.15, 0.2) is 41.3 Å². The van der Waals surface area contributed by atoms with Gasteiger partial charge in [0.2, 0.25) is 10.0 Å². The largest absolute Gasteiger partial charge is 0.454 e. The van der Waals surface area contributed by atoms with Gasteiger partial charge in [0.1, 0.15) is 10.6 Å². The van der Waals surface area contributed by atoms with Crippen LogP contribution in [-0.4, -0.2) is 64.1 Å². The number of ether oxygens (including phenoxy) is 1. The molecule has 2 N–H and O–H groups in total. The lowest BCUT2D eigenvalue weighted by molar-refractivity contribution is 0.0944. The van der Waals surface area contributed by atoms with Crippen molar-refractivity contribution >= 4 is 21.6 Å². The Morgan fingerprint density at radius 1 is 1.03 bits per heavy atom. The lowest BCUT2D eigenvalue weighted by atomic mass is 10.1. The molecule has 0 aromatic heterocycles. The van der Waals surface area contributed by atoms with E-state index in [1.54, 1.807) is 18.2 Å². The molecule has 35 heavy (non-hydrogen) atoms. The zero-order chi connectivity index (χ0) is 26.0. The molecule has 1 amide bonds. The van der Waals surface area contributed by atoms with Crippen LogP contribution in [-0.2, 0) is 10.0 Å². The molecule has 194 valence electrons. The minimum atomic E-state index is -3.96. The standard InChI is InChI=1S/C26H39N3O5S/c1-6-8-15-29(16-9-7-2)23-18-21(26(31)27-14-17-30)19-24(35(32,33)28(4)5)25(23)34-22-12-10-20(3)11-13-22/h10-13,18-19,30H,6-9,14-17H2,1-5H3,(H,27,31). The van der Waals surface area contributed by atoms with E-state index in [0.29, 0.717) is 24.5 Å². The number of unbranched alkanes of at least 4 members (excludes halogenated alkanes) is 2. The molecule has 0 atom stereocenters. The Balaban J connectivity index is 2.81. The zero-order valence-electron chi connectivity index (χ0n) is 21.5. The SMILES string of the molecule is CCCCN(CCCC)c1cc(C(=O)NCCO)cc(S(=O)(=O)N(C)C)c1Oc1ccc(C)cc1. The molecule has 0 fully saturated rings. The fourth-order valence-corrected chi connectivity index (χ4v) is 4.54. The van der Waals surface area contributed by atoms with Crippen LogP contribution in [0.3, 0.4) is 0 Å². The first-order valence-corrected chi connectivity index (χ1v) is 13.6. The van der Waals surface area contributed by atoms with E-state index in [1.165, 1.54) is 20.2 Å². The number of benzene rings is 2. The molecular formula is C26H39N3O5S. The lowest BCUT2D eigenvalue weighted by Gasteiger charge is -2.29. The summed E-state index contributed by atoms with van der Waals surface area (Å²) < 4.78 is 34.3. The van der Waals surface area contributed by atoms with Crippen molar-refractivity contribution in [3.05, 3.63) is 47.5 Å². The smallest absolute Gasteiger partial charge is 0.251 e. The van der Waals surface area contributed by atoms with Crippen molar-refractivity contribution in [3.8, 4) is 11.5 Å². The number of rotatable bonds is 14. The molecule has 0 aliphatic heterocycles. The summed E-state index contributed by atoms with van der Waals surface area (Å²) in [5.41, 5.74) is 1.81. The second kappa shape index (κ2) is 13.5. The molecule has 2 aromatic rings. The summed E-state index contributed by atoms with van der Waals surface area (Å²) in [7, 11) is -1.05. The summed E-state index contributed by atoms with van der Waals surface area (Å²) in [4.78, 5) is 14.9. The van der Waals surface area contributed by atoms with Crippen LogP contribution >= 0.6 is 0 Å². The molecule has 0 unspecified atom stereocenters. The van der Waals surface area contributed by atoms with Crippen molar-refractivity contribution in [1.29, 1.82) is 0 Å². The van der Waals surface area contributed by atoms with Crippen LogP contribution in [0.25, 0.3) is 0 Å². The highest BCUT2D eigenvalue weighted by Gasteiger charge is 2.29. The predicted octanol–water partition coefficient (Wildman–Crippen LogP) is 4.17. The topological polar surface area (TPSA) is 99.2 Å². The fraction of sp³-hybridized carbons (Fsp3) is 0.500. The summed E-state index contributed by atoms with van der Waals surface area (Å²) in [6.45, 7) is 7.42. The number of sulfonamides is 1. The first-order valence-electron chi connectivity index (χ1n) is 12.1. The van der Waals surface area contributed by atoms with Crippen molar-refractivity contribution in [2.75, 3.05) is 45.2 Å². The number of amides is 1. The average molecular weight is 506 g/mol. The van der Waals surface area contributed by atoms with Crippen molar-refractivity contribution in [2.45, 2.75) is 51.3 Å². The summed E-state index contributed by atoms with van der Waals surface area (Å²) in [5, 5.41) is 11.8. The van der Waals surface area contributed by atoms with Crippen molar-refractivity contribution in [2.24, 2.45) is 0 Å². The van der Waals surface area contributed by atoms with E-state index in [9.17, 15) is 13.2 Å². The third-order valence-corrected chi connectivity index (χ3v) is 7.42. The Morgan fingerprint density at radius 2 is 1.63 bits per heavy atom. The molecule has 2 aromatic carbocycles. The Kier molecular flexibility index (Phi) is 11.0. The van der Waals surface area contributed by atoms with E-state index in [1.807, 2.05) is 19.1 Å². The Bertz CT molecular complexity index is 1060. The van der Waals surface area contributed by atoms with Gasteiger partial charge in [-0.3, -0.25) is 4.79 Å². The number of anilines is 1. The molecular weight excluding hydrogens is 466 g/mol. The molecule has 0 bridgehead atoms. The number of nitrogens with one attached hydrogen (secondary N) is 1. The van der Waals surface area contributed by atoms with Gasteiger partial charge in [0, 0.05) is 39.3 Å². The summed E-state index contributed by atoms with van der Waals surface area (Å²) in [6.07, 6.45) is 3.75. The highest BCUT2D eigenvalue weighted by Crippen LogP contribution is 2.41. The summed E-state index contributed by atoms with van der Waals surface area (Å²) in [6, 6.07) is 10.4. The van der Waals surface area contributed by atoms with E-state index < -0.39 is 15.9 Å². The average Bonchev–Trinajstić information content (AvgIpc) is 2.84. The number of nitrogens with zero attached hydrogens (tertiary/aromatic N) is 2. The number of hydrogen-bond donors (Lipinski definition) is 2. The Morgan fingerprint density at radius 3 is 2.14 bits per heavy atom. The maximum Gasteiger partial charge on any atom is 0.251 e. The highest BCUT2D eigenvalue weighted by molar-refractivity contribution is 7.89. The van der Waals surface area contributed by atoms with Gasteiger partial charge in [-0.2, -0.15) is 0 Å². The first-order chi connectivity index (χ1) is 16.6. The summed E-state index contributed by atoms with van der Waals surface area (Å²) in [5.74, 6) is 0.257. The van der Waals surface area contributed by atoms with E-state index in [-0.39, 0.29) is 29.4 Å². The first kappa shape index (κ1) is 28.6. The number of carbonyl (C=O) groups is 1. The number of aliphatic hydroxyl groups excluding tert-OH is 1. The van der Waals surface area contributed by atoms with Gasteiger partial charge in [0.05, 0.1) is 12.3 Å². The molecule has 9 heteroatoms. The van der Waals surface area contributed by atoms with Gasteiger partial charge in [-0.1, -0.05) is 44.4 Å². The monoisotopic (exact) mass is 505 g/mol. The zero-order valence-corrected chi connectivity index (χ0v) is 22.3. The third kappa shape index (κ3) is 7.68. The third-order valence-electron chi connectivity index (χ3n) is 5.60. The molecule has 0 saturated carbocycles. The molecule has 0 aliphatic carbocycles. The molecule has 0 saturated heterocycles. The normalized spacial score (nSPS) is 11.5. The molecule has 0 aliphatic rings. The second-order valence-electron chi connectivity index (χ2n) is 8.70. The number of aryl methyl sites for hydroxylation is 1. The van der Waals surface area contributed by atoms with Crippen molar-refractivity contribution in [3.63, 3.8) is 0 Å². The van der Waals surface area contributed by atoms with Gasteiger partial charge in [-0.25, -0.2) is 12.7 Å². The van der Waals surface area contributed by atoms with Crippen LogP contribution in [0.2, 0.25) is 0 Å². The number of hydrogen-bond acceptors (Lipinski definition) is 6. The van der Waals surface area contributed by atoms with Gasteiger partial charge in [0.25, 0.3) is 5.91 Å². The number of carbonyl (C=O) groups excluding carboxylic acids is 1. The molecule has 0 heterocycles. The van der Waals surface area contributed by atoms with Gasteiger partial charge in [-0.15, -0.1) is 0 Å². The Labute approximate surface area is 209 Å². The van der Waals surface area contributed by atoms with E-state index in [2.05, 4.69) is 24.1 Å². The second-order valence-corrected chi connectivity index (χ2v) is 10.8. The molecule has 8 nitrogen and oxygen atoms in total. The van der Waals surface area contributed by atoms with Crippen molar-refractivity contribution in [1.82, 2.24) is 9.62 Å². The van der Waals surface area contributed by atoms with Crippen LogP contribution in [0.4, 0.5) is 5.69 Å². The van der Waals surface area contributed by atoms with E-state index in [4.69, 9.17) is 9.84 Å². The molecule has 0 radical (unpaired) electrons. The van der Waals surface area contributed by atoms with Gasteiger partial charge in [-0.05, 0) is 44.0 Å². The van der Waals surface area contributed by atoms with Crippen LogP contribution < -0.4 is 15.0 Å². The van der Waals surface area contributed by atoms with Crippen molar-refractivity contribution < 1.29 is 23.1 Å². The number of aliphatic hydroxyl groups is 1. The predicted molar refractivity (Wildman–Crippen MR) is 140 cm³/mol. The van der Waals surface area contributed by atoms with Gasteiger partial charge >= 0.3 is 0 Å². The van der Waals surface area contributed by atoms with Crippen LogP contribution in [0.5, 0.6) is 11.5 Å². The van der Waals surface area contributed by atoms with E-state index in [0.717, 1.165) is 35.6 Å². The lowest BCUT2D eigenvalue weighted by Crippen LogP contribution is -2.30. The molecule has 2 rings (SSSR count). The Hall–Kier alpha value is -2.62. The fourth-order valence-electron chi connectivity index (χ4n) is 3.49. The van der Waals surface area contributed by atoms with Crippen LogP contribution in [0.1, 0.15) is 55.5 Å². The minimum absolute atomic E-state index is 0.0704. The highest BCUT2D eigenvalue weighted by atomic mass is 32.2. The maximum atomic E-state index is 13.4. The van der Waals surface area contributed by atoms with Gasteiger partial charge in [0.15, 0.2) is 5.75 Å². The van der Waals surface area contributed by atoms with E-state index >= 15 is 0 Å². The maximum absolute atomic E-state index is 13.4.